The molecule has 0 amide bonds. The van der Waals surface area contributed by atoms with E-state index in [2.05, 4.69) is 15.3 Å². The lowest BCUT2D eigenvalue weighted by Crippen LogP contribution is -2.22. The largest absolute Gasteiger partial charge is 0.481 e. The second-order valence-corrected chi connectivity index (χ2v) is 4.70. The highest BCUT2D eigenvalue weighted by atomic mass is 19.4. The molecule has 2 aromatic rings. The maximum Gasteiger partial charge on any atom is 0.416 e. The van der Waals surface area contributed by atoms with Crippen molar-refractivity contribution in [1.29, 1.82) is 0 Å². The SMILES string of the molecule is COc1ccnc(CNC(C)c2ccccc2C(F)(F)F)n1. The normalized spacial score (nSPS) is 13.0. The second-order valence-electron chi connectivity index (χ2n) is 4.70. The molecular weight excluding hydrogens is 295 g/mol. The fourth-order valence-electron chi connectivity index (χ4n) is 2.07. The smallest absolute Gasteiger partial charge is 0.416 e. The molecule has 0 saturated heterocycles. The molecule has 0 spiro atoms. The predicted molar refractivity (Wildman–Crippen MR) is 75.3 cm³/mol. The summed E-state index contributed by atoms with van der Waals surface area (Å²) in [5, 5.41) is 3.00. The van der Waals surface area contributed by atoms with E-state index in [1.807, 2.05) is 0 Å². The minimum Gasteiger partial charge on any atom is -0.481 e. The quantitative estimate of drug-likeness (QED) is 0.920. The lowest BCUT2D eigenvalue weighted by molar-refractivity contribution is -0.138. The summed E-state index contributed by atoms with van der Waals surface area (Å²) in [5.41, 5.74) is -0.445. The van der Waals surface area contributed by atoms with Crippen LogP contribution in [0.25, 0.3) is 0 Å². The Labute approximate surface area is 126 Å². The van der Waals surface area contributed by atoms with Crippen molar-refractivity contribution in [1.82, 2.24) is 15.3 Å². The van der Waals surface area contributed by atoms with Crippen molar-refractivity contribution in [3.8, 4) is 5.88 Å². The van der Waals surface area contributed by atoms with Crippen LogP contribution in [-0.2, 0) is 12.7 Å². The number of aromatic nitrogens is 2. The highest BCUT2D eigenvalue weighted by Gasteiger charge is 2.34. The first-order chi connectivity index (χ1) is 10.4. The van der Waals surface area contributed by atoms with Gasteiger partial charge >= 0.3 is 6.18 Å². The van der Waals surface area contributed by atoms with Crippen molar-refractivity contribution in [2.24, 2.45) is 0 Å². The summed E-state index contributed by atoms with van der Waals surface area (Å²) in [5.74, 6) is 0.867. The van der Waals surface area contributed by atoms with Crippen LogP contribution in [0.2, 0.25) is 0 Å². The van der Waals surface area contributed by atoms with E-state index in [1.165, 1.54) is 25.4 Å². The third-order valence-electron chi connectivity index (χ3n) is 3.19. The first-order valence-corrected chi connectivity index (χ1v) is 6.67. The molecule has 0 radical (unpaired) electrons. The summed E-state index contributed by atoms with van der Waals surface area (Å²) in [6.07, 6.45) is -2.84. The van der Waals surface area contributed by atoms with Crippen LogP contribution in [0.4, 0.5) is 13.2 Å². The van der Waals surface area contributed by atoms with Crippen molar-refractivity contribution in [2.75, 3.05) is 7.11 Å². The number of ether oxygens (including phenoxy) is 1. The predicted octanol–water partition coefficient (Wildman–Crippen LogP) is 3.35. The van der Waals surface area contributed by atoms with E-state index in [9.17, 15) is 13.2 Å². The Balaban J connectivity index is 2.11. The van der Waals surface area contributed by atoms with E-state index in [0.29, 0.717) is 11.7 Å². The van der Waals surface area contributed by atoms with Crippen LogP contribution in [0.3, 0.4) is 0 Å². The highest BCUT2D eigenvalue weighted by Crippen LogP contribution is 2.34. The third-order valence-corrected chi connectivity index (χ3v) is 3.19. The van der Waals surface area contributed by atoms with Gasteiger partial charge in [0, 0.05) is 18.3 Å². The van der Waals surface area contributed by atoms with Crippen LogP contribution < -0.4 is 10.1 Å². The monoisotopic (exact) mass is 311 g/mol. The van der Waals surface area contributed by atoms with Crippen molar-refractivity contribution < 1.29 is 17.9 Å². The standard InChI is InChI=1S/C15H16F3N3O/c1-10(11-5-3-4-6-12(11)15(16,17)18)20-9-13-19-8-7-14(21-13)22-2/h3-8,10,20H,9H2,1-2H3. The van der Waals surface area contributed by atoms with Gasteiger partial charge in [-0.3, -0.25) is 0 Å². The number of benzene rings is 1. The molecule has 0 aliphatic heterocycles. The van der Waals surface area contributed by atoms with Gasteiger partial charge in [0.1, 0.15) is 5.82 Å². The van der Waals surface area contributed by atoms with Gasteiger partial charge in [-0.15, -0.1) is 0 Å². The van der Waals surface area contributed by atoms with E-state index in [4.69, 9.17) is 4.74 Å². The molecule has 1 heterocycles. The molecule has 1 atom stereocenters. The average Bonchev–Trinajstić information content (AvgIpc) is 2.52. The number of nitrogens with zero attached hydrogens (tertiary/aromatic N) is 2. The Morgan fingerprint density at radius 1 is 1.23 bits per heavy atom. The summed E-state index contributed by atoms with van der Waals surface area (Å²) < 4.78 is 44.0. The fourth-order valence-corrected chi connectivity index (χ4v) is 2.07. The maximum absolute atomic E-state index is 13.0. The minimum absolute atomic E-state index is 0.192. The van der Waals surface area contributed by atoms with Gasteiger partial charge in [0.2, 0.25) is 5.88 Å². The topological polar surface area (TPSA) is 47.0 Å². The zero-order chi connectivity index (χ0) is 16.2. The number of hydrogen-bond donors (Lipinski definition) is 1. The highest BCUT2D eigenvalue weighted by molar-refractivity contribution is 5.32. The number of halogens is 3. The van der Waals surface area contributed by atoms with Gasteiger partial charge in [-0.1, -0.05) is 18.2 Å². The number of methoxy groups -OCH3 is 1. The number of alkyl halides is 3. The van der Waals surface area contributed by atoms with E-state index >= 15 is 0 Å². The van der Waals surface area contributed by atoms with Gasteiger partial charge < -0.3 is 10.1 Å². The number of hydrogen-bond acceptors (Lipinski definition) is 4. The zero-order valence-corrected chi connectivity index (χ0v) is 12.2. The molecule has 0 aliphatic rings. The molecule has 4 nitrogen and oxygen atoms in total. The van der Waals surface area contributed by atoms with Gasteiger partial charge in [0.25, 0.3) is 0 Å². The number of nitrogens with one attached hydrogen (secondary N) is 1. The lowest BCUT2D eigenvalue weighted by atomic mass is 10.0. The van der Waals surface area contributed by atoms with E-state index < -0.39 is 17.8 Å². The van der Waals surface area contributed by atoms with Crippen LogP contribution in [0, 0.1) is 0 Å². The Morgan fingerprint density at radius 2 is 1.95 bits per heavy atom. The van der Waals surface area contributed by atoms with Crippen molar-refractivity contribution >= 4 is 0 Å². The molecule has 7 heteroatoms. The van der Waals surface area contributed by atoms with Gasteiger partial charge in [0.05, 0.1) is 19.2 Å². The van der Waals surface area contributed by atoms with Crippen LogP contribution in [0.1, 0.15) is 29.9 Å². The van der Waals surface area contributed by atoms with Crippen LogP contribution >= 0.6 is 0 Å². The third kappa shape index (κ3) is 3.94. The Kier molecular flexibility index (Phi) is 4.97. The average molecular weight is 311 g/mol. The van der Waals surface area contributed by atoms with Crippen molar-refractivity contribution in [3.63, 3.8) is 0 Å². The molecule has 1 aromatic carbocycles. The first-order valence-electron chi connectivity index (χ1n) is 6.67. The summed E-state index contributed by atoms with van der Waals surface area (Å²) in [7, 11) is 1.49. The number of rotatable bonds is 5. The molecule has 0 fully saturated rings. The Hall–Kier alpha value is -2.15. The van der Waals surface area contributed by atoms with Crippen LogP contribution in [-0.4, -0.2) is 17.1 Å². The fraction of sp³-hybridized carbons (Fsp3) is 0.333. The molecule has 1 aromatic heterocycles. The summed E-state index contributed by atoms with van der Waals surface area (Å²) in [6.45, 7) is 1.91. The first kappa shape index (κ1) is 16.2. The van der Waals surface area contributed by atoms with Crippen molar-refractivity contribution in [3.05, 3.63) is 53.5 Å². The maximum atomic E-state index is 13.0. The lowest BCUT2D eigenvalue weighted by Gasteiger charge is -2.19. The van der Waals surface area contributed by atoms with Gasteiger partial charge in [-0.05, 0) is 18.6 Å². The van der Waals surface area contributed by atoms with Crippen molar-refractivity contribution in [2.45, 2.75) is 25.7 Å². The summed E-state index contributed by atoms with van der Waals surface area (Å²) in [4.78, 5) is 8.16. The van der Waals surface area contributed by atoms with Gasteiger partial charge in [0.15, 0.2) is 0 Å². The molecule has 118 valence electrons. The van der Waals surface area contributed by atoms with E-state index in [-0.39, 0.29) is 12.1 Å². The minimum atomic E-state index is -4.38. The Morgan fingerprint density at radius 3 is 2.64 bits per heavy atom. The zero-order valence-electron chi connectivity index (χ0n) is 12.2. The second kappa shape index (κ2) is 6.74. The van der Waals surface area contributed by atoms with Crippen LogP contribution in [0.5, 0.6) is 5.88 Å². The molecule has 2 rings (SSSR count). The van der Waals surface area contributed by atoms with E-state index in [1.54, 1.807) is 19.1 Å². The molecule has 1 unspecified atom stereocenters. The summed E-state index contributed by atoms with van der Waals surface area (Å²) in [6, 6.07) is 6.62. The molecule has 0 bridgehead atoms. The van der Waals surface area contributed by atoms with E-state index in [0.717, 1.165) is 6.07 Å². The van der Waals surface area contributed by atoms with Gasteiger partial charge in [-0.25, -0.2) is 4.98 Å². The molecule has 0 aliphatic carbocycles. The van der Waals surface area contributed by atoms with Crippen LogP contribution in [0.15, 0.2) is 36.5 Å². The molecule has 22 heavy (non-hydrogen) atoms. The van der Waals surface area contributed by atoms with Gasteiger partial charge in [-0.2, -0.15) is 18.2 Å². The summed E-state index contributed by atoms with van der Waals surface area (Å²) >= 11 is 0. The Bertz CT molecular complexity index is 631. The molecule has 0 saturated carbocycles. The molecule has 1 N–H and O–H groups in total. The molecular formula is C15H16F3N3O.